The van der Waals surface area contributed by atoms with Crippen LogP contribution in [0.2, 0.25) is 5.02 Å². The van der Waals surface area contributed by atoms with Crippen molar-refractivity contribution in [1.29, 1.82) is 5.26 Å². The van der Waals surface area contributed by atoms with E-state index in [1.54, 1.807) is 7.11 Å². The molecule has 4 heteroatoms. The maximum Gasteiger partial charge on any atom is 0.124 e. The van der Waals surface area contributed by atoms with Crippen molar-refractivity contribution in [3.63, 3.8) is 0 Å². The summed E-state index contributed by atoms with van der Waals surface area (Å²) in [5, 5.41) is 13.0. The molecule has 2 aromatic rings. The van der Waals surface area contributed by atoms with Gasteiger partial charge in [0.25, 0.3) is 0 Å². The predicted molar refractivity (Wildman–Crippen MR) is 79.7 cm³/mol. The van der Waals surface area contributed by atoms with Crippen LogP contribution in [0.15, 0.2) is 42.5 Å². The zero-order valence-electron chi connectivity index (χ0n) is 11.2. The topological polar surface area (TPSA) is 45.0 Å². The Kier molecular flexibility index (Phi) is 5.00. The summed E-state index contributed by atoms with van der Waals surface area (Å²) >= 11 is 6.18. The number of nitrogens with zero attached hydrogens (tertiary/aromatic N) is 1. The van der Waals surface area contributed by atoms with Gasteiger partial charge in [0.1, 0.15) is 5.75 Å². The molecule has 2 rings (SSSR count). The fourth-order valence-electron chi connectivity index (χ4n) is 2.01. The Morgan fingerprint density at radius 3 is 2.70 bits per heavy atom. The quantitative estimate of drug-likeness (QED) is 0.915. The van der Waals surface area contributed by atoms with Crippen LogP contribution in [0.25, 0.3) is 0 Å². The molecule has 20 heavy (non-hydrogen) atoms. The average molecular weight is 287 g/mol. The van der Waals surface area contributed by atoms with E-state index in [1.807, 2.05) is 42.5 Å². The first-order valence-corrected chi connectivity index (χ1v) is 6.64. The van der Waals surface area contributed by atoms with Crippen LogP contribution in [0, 0.1) is 11.3 Å². The van der Waals surface area contributed by atoms with E-state index in [2.05, 4.69) is 11.4 Å². The highest BCUT2D eigenvalue weighted by Crippen LogP contribution is 2.26. The highest BCUT2D eigenvalue weighted by molar-refractivity contribution is 6.31. The number of nitriles is 1. The molecule has 0 atom stereocenters. The van der Waals surface area contributed by atoms with E-state index < -0.39 is 0 Å². The van der Waals surface area contributed by atoms with Gasteiger partial charge in [-0.15, -0.1) is 0 Å². The summed E-state index contributed by atoms with van der Waals surface area (Å²) in [7, 11) is 1.63. The third kappa shape index (κ3) is 3.30. The van der Waals surface area contributed by atoms with Gasteiger partial charge >= 0.3 is 0 Å². The van der Waals surface area contributed by atoms with Gasteiger partial charge in [-0.1, -0.05) is 35.9 Å². The lowest BCUT2D eigenvalue weighted by molar-refractivity contribution is 0.407. The lowest BCUT2D eigenvalue weighted by atomic mass is 10.1. The molecule has 0 saturated heterocycles. The monoisotopic (exact) mass is 286 g/mol. The van der Waals surface area contributed by atoms with Gasteiger partial charge in [0.15, 0.2) is 0 Å². The van der Waals surface area contributed by atoms with Crippen molar-refractivity contribution in [2.75, 3.05) is 7.11 Å². The Hall–Kier alpha value is -2.02. The fraction of sp³-hybridized carbons (Fsp3) is 0.188. The zero-order valence-corrected chi connectivity index (χ0v) is 11.9. The fourth-order valence-corrected chi connectivity index (χ4v) is 2.24. The van der Waals surface area contributed by atoms with E-state index in [1.165, 1.54) is 0 Å². The van der Waals surface area contributed by atoms with E-state index in [0.717, 1.165) is 16.9 Å². The molecule has 0 bridgehead atoms. The Morgan fingerprint density at radius 2 is 1.95 bits per heavy atom. The van der Waals surface area contributed by atoms with Crippen LogP contribution in [-0.4, -0.2) is 7.11 Å². The number of hydrogen-bond donors (Lipinski definition) is 1. The van der Waals surface area contributed by atoms with Crippen molar-refractivity contribution in [2.24, 2.45) is 0 Å². The summed E-state index contributed by atoms with van der Waals surface area (Å²) in [5.41, 5.74) is 2.58. The zero-order chi connectivity index (χ0) is 14.4. The smallest absolute Gasteiger partial charge is 0.124 e. The van der Waals surface area contributed by atoms with Crippen LogP contribution in [0.5, 0.6) is 5.75 Å². The van der Waals surface area contributed by atoms with Gasteiger partial charge in [-0.05, 0) is 23.8 Å². The second kappa shape index (κ2) is 6.95. The van der Waals surface area contributed by atoms with Crippen LogP contribution in [0.1, 0.15) is 16.7 Å². The average Bonchev–Trinajstić information content (AvgIpc) is 2.49. The molecular formula is C16H15ClN2O. The van der Waals surface area contributed by atoms with Crippen molar-refractivity contribution in [2.45, 2.75) is 13.1 Å². The number of hydrogen-bond acceptors (Lipinski definition) is 3. The van der Waals surface area contributed by atoms with Gasteiger partial charge < -0.3 is 10.1 Å². The van der Waals surface area contributed by atoms with Gasteiger partial charge in [0, 0.05) is 23.7 Å². The molecule has 0 aliphatic carbocycles. The first-order valence-electron chi connectivity index (χ1n) is 6.26. The number of rotatable bonds is 5. The highest BCUT2D eigenvalue weighted by Gasteiger charge is 2.07. The number of benzene rings is 2. The molecule has 0 heterocycles. The maximum atomic E-state index is 9.04. The minimum atomic E-state index is 0.586. The Morgan fingerprint density at radius 1 is 1.15 bits per heavy atom. The molecular weight excluding hydrogens is 272 g/mol. The summed E-state index contributed by atoms with van der Waals surface area (Å²) in [6.07, 6.45) is 0. The van der Waals surface area contributed by atoms with Gasteiger partial charge in [-0.3, -0.25) is 0 Å². The standard InChI is InChI=1S/C16H15ClN2O/c1-20-16-8-4-7-15(17)14(16)11-19-10-13-6-3-2-5-12(13)9-18/h2-8,19H,10-11H2,1H3. The Balaban J connectivity index is 2.05. The number of nitrogens with one attached hydrogen (secondary N) is 1. The highest BCUT2D eigenvalue weighted by atomic mass is 35.5. The van der Waals surface area contributed by atoms with E-state index in [-0.39, 0.29) is 0 Å². The summed E-state index contributed by atoms with van der Waals surface area (Å²) in [6.45, 7) is 1.20. The summed E-state index contributed by atoms with van der Waals surface area (Å²) in [4.78, 5) is 0. The van der Waals surface area contributed by atoms with Crippen LogP contribution in [-0.2, 0) is 13.1 Å². The van der Waals surface area contributed by atoms with Crippen LogP contribution >= 0.6 is 11.6 Å². The Labute approximate surface area is 123 Å². The van der Waals surface area contributed by atoms with Gasteiger partial charge in [0.2, 0.25) is 0 Å². The van der Waals surface area contributed by atoms with Crippen molar-refractivity contribution >= 4 is 11.6 Å². The predicted octanol–water partition coefficient (Wildman–Crippen LogP) is 3.51. The SMILES string of the molecule is COc1cccc(Cl)c1CNCc1ccccc1C#N. The van der Waals surface area contributed by atoms with Crippen LogP contribution < -0.4 is 10.1 Å². The normalized spacial score (nSPS) is 10.1. The second-order valence-corrected chi connectivity index (χ2v) is 4.70. The number of methoxy groups -OCH3 is 1. The van der Waals surface area contributed by atoms with Crippen molar-refractivity contribution in [3.05, 3.63) is 64.2 Å². The van der Waals surface area contributed by atoms with E-state index >= 15 is 0 Å². The summed E-state index contributed by atoms with van der Waals surface area (Å²) in [5.74, 6) is 0.763. The molecule has 0 aliphatic rings. The molecule has 0 unspecified atom stereocenters. The largest absolute Gasteiger partial charge is 0.496 e. The molecule has 0 aromatic heterocycles. The van der Waals surface area contributed by atoms with Crippen LogP contribution in [0.4, 0.5) is 0 Å². The van der Waals surface area contributed by atoms with E-state index in [9.17, 15) is 0 Å². The number of ether oxygens (including phenoxy) is 1. The molecule has 102 valence electrons. The molecule has 2 aromatic carbocycles. The molecule has 0 radical (unpaired) electrons. The van der Waals surface area contributed by atoms with Crippen molar-refractivity contribution < 1.29 is 4.74 Å². The third-order valence-corrected chi connectivity index (χ3v) is 3.40. The molecule has 1 N–H and O–H groups in total. The van der Waals surface area contributed by atoms with Crippen molar-refractivity contribution in [1.82, 2.24) is 5.32 Å². The molecule has 3 nitrogen and oxygen atoms in total. The number of halogens is 1. The summed E-state index contributed by atoms with van der Waals surface area (Å²) < 4.78 is 5.30. The molecule has 0 spiro atoms. The molecule has 0 saturated carbocycles. The molecule has 0 amide bonds. The van der Waals surface area contributed by atoms with Crippen LogP contribution in [0.3, 0.4) is 0 Å². The molecule has 0 aliphatic heterocycles. The minimum absolute atomic E-state index is 0.586. The second-order valence-electron chi connectivity index (χ2n) is 4.29. The first kappa shape index (κ1) is 14.4. The van der Waals surface area contributed by atoms with Gasteiger partial charge in [0.05, 0.1) is 18.7 Å². The third-order valence-electron chi connectivity index (χ3n) is 3.05. The van der Waals surface area contributed by atoms with E-state index in [0.29, 0.717) is 23.7 Å². The maximum absolute atomic E-state index is 9.04. The van der Waals surface area contributed by atoms with E-state index in [4.69, 9.17) is 21.6 Å². The summed E-state index contributed by atoms with van der Waals surface area (Å²) in [6, 6.07) is 15.3. The first-order chi connectivity index (χ1) is 9.76. The lowest BCUT2D eigenvalue weighted by Gasteiger charge is -2.11. The lowest BCUT2D eigenvalue weighted by Crippen LogP contribution is -2.14. The Bertz CT molecular complexity index is 635. The van der Waals surface area contributed by atoms with Gasteiger partial charge in [-0.2, -0.15) is 5.26 Å². The molecule has 0 fully saturated rings. The minimum Gasteiger partial charge on any atom is -0.496 e. The van der Waals surface area contributed by atoms with Crippen molar-refractivity contribution in [3.8, 4) is 11.8 Å². The van der Waals surface area contributed by atoms with Gasteiger partial charge in [-0.25, -0.2) is 0 Å².